The first-order valence-corrected chi connectivity index (χ1v) is 12.0. The van der Waals surface area contributed by atoms with Crippen LogP contribution >= 0.6 is 11.3 Å². The fraction of sp³-hybridized carbons (Fsp3) is 0.458. The van der Waals surface area contributed by atoms with Crippen LogP contribution in [0.3, 0.4) is 0 Å². The van der Waals surface area contributed by atoms with Gasteiger partial charge in [0.2, 0.25) is 5.91 Å². The Morgan fingerprint density at radius 2 is 1.84 bits per heavy atom. The summed E-state index contributed by atoms with van der Waals surface area (Å²) in [5.41, 5.74) is 1.21. The fourth-order valence-corrected chi connectivity index (χ4v) is 5.28. The lowest BCUT2D eigenvalue weighted by atomic mass is 10.2. The Hall–Kier alpha value is -2.51. The standard InChI is InChI=1S/C24H31N5OS/c1-4-28(5-2)22(30)17-27-12-9-13-29(15-14-27)23-20-16-21(19-10-7-6-8-11-19)31-24(20)26-18(3)25-23/h6-8,10-11,16H,4-5,9,12-15,17H2,1-3H3. The van der Waals surface area contributed by atoms with Crippen LogP contribution in [0.2, 0.25) is 0 Å². The SMILES string of the molecule is CCN(CC)C(=O)CN1CCCN(c2nc(C)nc3sc(-c4ccccc4)cc23)CC1. The number of carbonyl (C=O) groups excluding carboxylic acids is 1. The molecule has 1 aliphatic heterocycles. The highest BCUT2D eigenvalue weighted by atomic mass is 32.1. The third-order valence-electron chi connectivity index (χ3n) is 5.91. The highest BCUT2D eigenvalue weighted by Crippen LogP contribution is 2.36. The summed E-state index contributed by atoms with van der Waals surface area (Å²) < 4.78 is 0. The Bertz CT molecular complexity index is 1030. The molecule has 1 fully saturated rings. The highest BCUT2D eigenvalue weighted by molar-refractivity contribution is 7.21. The van der Waals surface area contributed by atoms with Crippen molar-refractivity contribution in [3.05, 3.63) is 42.2 Å². The van der Waals surface area contributed by atoms with Gasteiger partial charge in [-0.15, -0.1) is 11.3 Å². The van der Waals surface area contributed by atoms with Gasteiger partial charge in [-0.25, -0.2) is 9.97 Å². The quantitative estimate of drug-likeness (QED) is 0.582. The number of hydrogen-bond donors (Lipinski definition) is 0. The molecule has 4 rings (SSSR count). The maximum atomic E-state index is 12.5. The maximum absolute atomic E-state index is 12.5. The summed E-state index contributed by atoms with van der Waals surface area (Å²) in [6.45, 7) is 11.7. The second-order valence-electron chi connectivity index (χ2n) is 7.97. The number of likely N-dealkylation sites (N-methyl/N-ethyl adjacent to an activating group) is 1. The summed E-state index contributed by atoms with van der Waals surface area (Å²) in [6.07, 6.45) is 1.02. The summed E-state index contributed by atoms with van der Waals surface area (Å²) in [7, 11) is 0. The number of thiophene rings is 1. The van der Waals surface area contributed by atoms with Crippen LogP contribution < -0.4 is 4.90 Å². The van der Waals surface area contributed by atoms with Gasteiger partial charge in [0.1, 0.15) is 16.5 Å². The summed E-state index contributed by atoms with van der Waals surface area (Å²) in [6, 6.07) is 12.7. The van der Waals surface area contributed by atoms with Gasteiger partial charge in [-0.3, -0.25) is 9.69 Å². The Morgan fingerprint density at radius 3 is 2.58 bits per heavy atom. The van der Waals surface area contributed by atoms with Crippen LogP contribution in [-0.2, 0) is 4.79 Å². The zero-order valence-corrected chi connectivity index (χ0v) is 19.5. The number of fused-ring (bicyclic) bond motifs is 1. The number of benzene rings is 1. The highest BCUT2D eigenvalue weighted by Gasteiger charge is 2.22. The summed E-state index contributed by atoms with van der Waals surface area (Å²) >= 11 is 1.73. The molecule has 1 saturated heterocycles. The van der Waals surface area contributed by atoms with Crippen LogP contribution in [0, 0.1) is 6.92 Å². The molecule has 1 aliphatic rings. The van der Waals surface area contributed by atoms with Gasteiger partial charge >= 0.3 is 0 Å². The average molecular weight is 438 g/mol. The van der Waals surface area contributed by atoms with Crippen molar-refractivity contribution in [3.63, 3.8) is 0 Å². The predicted octanol–water partition coefficient (Wildman–Crippen LogP) is 4.05. The summed E-state index contributed by atoms with van der Waals surface area (Å²) in [5.74, 6) is 2.06. The molecule has 0 spiro atoms. The van der Waals surface area contributed by atoms with Crippen molar-refractivity contribution in [2.75, 3.05) is 50.7 Å². The van der Waals surface area contributed by atoms with E-state index < -0.39 is 0 Å². The van der Waals surface area contributed by atoms with Gasteiger partial charge in [0, 0.05) is 44.1 Å². The van der Waals surface area contributed by atoms with E-state index in [-0.39, 0.29) is 5.91 Å². The lowest BCUT2D eigenvalue weighted by molar-refractivity contribution is -0.132. The van der Waals surface area contributed by atoms with Gasteiger partial charge in [0.25, 0.3) is 0 Å². The molecule has 31 heavy (non-hydrogen) atoms. The molecular weight excluding hydrogens is 406 g/mol. The Morgan fingerprint density at radius 1 is 1.06 bits per heavy atom. The number of anilines is 1. The van der Waals surface area contributed by atoms with E-state index in [9.17, 15) is 4.79 Å². The molecule has 0 aliphatic carbocycles. The number of aryl methyl sites for hydroxylation is 1. The third kappa shape index (κ3) is 4.88. The van der Waals surface area contributed by atoms with E-state index in [4.69, 9.17) is 9.97 Å². The fourth-order valence-electron chi connectivity index (χ4n) is 4.20. The van der Waals surface area contributed by atoms with Crippen LogP contribution in [0.4, 0.5) is 5.82 Å². The van der Waals surface area contributed by atoms with Crippen LogP contribution in [-0.4, -0.2) is 71.5 Å². The van der Waals surface area contributed by atoms with E-state index >= 15 is 0 Å². The monoisotopic (exact) mass is 437 g/mol. The number of aromatic nitrogens is 2. The second-order valence-corrected chi connectivity index (χ2v) is 9.00. The van der Waals surface area contributed by atoms with Crippen molar-refractivity contribution in [2.24, 2.45) is 0 Å². The molecule has 0 atom stereocenters. The number of carbonyl (C=O) groups is 1. The normalized spacial score (nSPS) is 15.3. The van der Waals surface area contributed by atoms with Crippen molar-refractivity contribution in [1.29, 1.82) is 0 Å². The van der Waals surface area contributed by atoms with E-state index in [0.29, 0.717) is 6.54 Å². The molecule has 0 radical (unpaired) electrons. The zero-order valence-electron chi connectivity index (χ0n) is 18.7. The first-order valence-electron chi connectivity index (χ1n) is 11.2. The van der Waals surface area contributed by atoms with Crippen LogP contribution in [0.25, 0.3) is 20.7 Å². The van der Waals surface area contributed by atoms with Gasteiger partial charge in [-0.1, -0.05) is 30.3 Å². The van der Waals surface area contributed by atoms with E-state index in [1.54, 1.807) is 11.3 Å². The molecule has 0 bridgehead atoms. The van der Waals surface area contributed by atoms with E-state index in [0.717, 1.165) is 67.5 Å². The smallest absolute Gasteiger partial charge is 0.236 e. The van der Waals surface area contributed by atoms with Gasteiger partial charge < -0.3 is 9.80 Å². The Labute approximate surface area is 188 Å². The molecule has 164 valence electrons. The maximum Gasteiger partial charge on any atom is 0.236 e. The van der Waals surface area contributed by atoms with Gasteiger partial charge in [0.05, 0.1) is 11.9 Å². The van der Waals surface area contributed by atoms with Crippen molar-refractivity contribution in [2.45, 2.75) is 27.2 Å². The molecule has 1 aromatic carbocycles. The third-order valence-corrected chi connectivity index (χ3v) is 6.98. The minimum absolute atomic E-state index is 0.226. The number of rotatable bonds is 6. The number of hydrogen-bond acceptors (Lipinski definition) is 6. The van der Waals surface area contributed by atoms with Gasteiger partial charge in [0.15, 0.2) is 0 Å². The Kier molecular flexibility index (Phi) is 6.83. The lowest BCUT2D eigenvalue weighted by Crippen LogP contribution is -2.41. The molecule has 0 N–H and O–H groups in total. The molecule has 2 aromatic heterocycles. The minimum Gasteiger partial charge on any atom is -0.355 e. The average Bonchev–Trinajstić information content (AvgIpc) is 3.07. The van der Waals surface area contributed by atoms with Gasteiger partial charge in [-0.2, -0.15) is 0 Å². The topological polar surface area (TPSA) is 52.6 Å². The van der Waals surface area contributed by atoms with E-state index in [1.807, 2.05) is 31.7 Å². The largest absolute Gasteiger partial charge is 0.355 e. The first-order chi connectivity index (χ1) is 15.1. The molecule has 0 saturated carbocycles. The molecule has 0 unspecified atom stereocenters. The molecular formula is C24H31N5OS. The summed E-state index contributed by atoms with van der Waals surface area (Å²) in [4.78, 5) is 30.9. The predicted molar refractivity (Wildman–Crippen MR) is 129 cm³/mol. The van der Waals surface area contributed by atoms with Crippen LogP contribution in [0.15, 0.2) is 36.4 Å². The minimum atomic E-state index is 0.226. The Balaban J connectivity index is 1.55. The van der Waals surface area contributed by atoms with E-state index in [2.05, 4.69) is 40.1 Å². The van der Waals surface area contributed by atoms with E-state index in [1.165, 1.54) is 10.4 Å². The number of nitrogens with zero attached hydrogens (tertiary/aromatic N) is 5. The second kappa shape index (κ2) is 9.75. The molecule has 1 amide bonds. The molecule has 6 nitrogen and oxygen atoms in total. The first kappa shape index (κ1) is 21.7. The molecule has 3 aromatic rings. The van der Waals surface area contributed by atoms with Crippen molar-refractivity contribution < 1.29 is 4.79 Å². The summed E-state index contributed by atoms with van der Waals surface area (Å²) in [5, 5.41) is 1.13. The van der Waals surface area contributed by atoms with Crippen molar-refractivity contribution in [3.8, 4) is 10.4 Å². The van der Waals surface area contributed by atoms with Crippen LogP contribution in [0.5, 0.6) is 0 Å². The van der Waals surface area contributed by atoms with Crippen molar-refractivity contribution >= 4 is 33.3 Å². The number of amides is 1. The zero-order chi connectivity index (χ0) is 21.8. The molecule has 3 heterocycles. The van der Waals surface area contributed by atoms with Crippen LogP contribution in [0.1, 0.15) is 26.1 Å². The van der Waals surface area contributed by atoms with Gasteiger partial charge in [-0.05, 0) is 38.8 Å². The lowest BCUT2D eigenvalue weighted by Gasteiger charge is -2.25. The molecule has 7 heteroatoms. The van der Waals surface area contributed by atoms with Crippen molar-refractivity contribution in [1.82, 2.24) is 19.8 Å².